The van der Waals surface area contributed by atoms with Crippen molar-refractivity contribution in [3.8, 4) is 0 Å². The highest BCUT2D eigenvalue weighted by Gasteiger charge is 2.30. The third kappa shape index (κ3) is 2.22. The SMILES string of the molecule is C=C1CN(S(=O)(=O)c2ccc(C)cc2)Cc2ccsc21. The summed E-state index contributed by atoms with van der Waals surface area (Å²) < 4.78 is 26.8. The van der Waals surface area contributed by atoms with Gasteiger partial charge >= 0.3 is 0 Å². The van der Waals surface area contributed by atoms with Gasteiger partial charge in [0.2, 0.25) is 10.0 Å². The fourth-order valence-electron chi connectivity index (χ4n) is 2.33. The molecule has 2 heterocycles. The Morgan fingerprint density at radius 2 is 1.85 bits per heavy atom. The quantitative estimate of drug-likeness (QED) is 0.854. The molecule has 0 radical (unpaired) electrons. The van der Waals surface area contributed by atoms with Crippen LogP contribution in [-0.4, -0.2) is 19.3 Å². The van der Waals surface area contributed by atoms with E-state index in [1.54, 1.807) is 23.5 Å². The van der Waals surface area contributed by atoms with Gasteiger partial charge in [-0.15, -0.1) is 11.3 Å². The zero-order valence-corrected chi connectivity index (χ0v) is 12.8. The molecule has 0 bridgehead atoms. The maximum Gasteiger partial charge on any atom is 0.243 e. The van der Waals surface area contributed by atoms with Gasteiger partial charge in [0.05, 0.1) is 4.90 Å². The van der Waals surface area contributed by atoms with Crippen molar-refractivity contribution in [1.29, 1.82) is 0 Å². The largest absolute Gasteiger partial charge is 0.243 e. The maximum atomic E-state index is 12.7. The van der Waals surface area contributed by atoms with E-state index in [2.05, 4.69) is 6.58 Å². The third-order valence-corrected chi connectivity index (χ3v) is 6.31. The van der Waals surface area contributed by atoms with E-state index in [1.165, 1.54) is 4.31 Å². The molecule has 0 amide bonds. The van der Waals surface area contributed by atoms with Crippen molar-refractivity contribution < 1.29 is 8.42 Å². The maximum absolute atomic E-state index is 12.7. The molecule has 0 saturated heterocycles. The van der Waals surface area contributed by atoms with Crippen molar-refractivity contribution in [1.82, 2.24) is 4.31 Å². The molecule has 0 fully saturated rings. The topological polar surface area (TPSA) is 37.4 Å². The summed E-state index contributed by atoms with van der Waals surface area (Å²) in [5.41, 5.74) is 2.96. The second-order valence-electron chi connectivity index (χ2n) is 4.96. The summed E-state index contributed by atoms with van der Waals surface area (Å²) in [6, 6.07) is 8.94. The summed E-state index contributed by atoms with van der Waals surface area (Å²) in [5.74, 6) is 0. The van der Waals surface area contributed by atoms with E-state index in [0.717, 1.165) is 21.6 Å². The highest BCUT2D eigenvalue weighted by atomic mass is 32.2. The minimum absolute atomic E-state index is 0.342. The molecule has 1 aliphatic rings. The molecular weight excluding hydrogens is 290 g/mol. The lowest BCUT2D eigenvalue weighted by Crippen LogP contribution is -2.34. The van der Waals surface area contributed by atoms with Crippen LogP contribution < -0.4 is 0 Å². The Morgan fingerprint density at radius 3 is 2.55 bits per heavy atom. The van der Waals surface area contributed by atoms with Gasteiger partial charge < -0.3 is 0 Å². The lowest BCUT2D eigenvalue weighted by atomic mass is 10.1. The number of benzene rings is 1. The predicted molar refractivity (Wildman–Crippen MR) is 82.1 cm³/mol. The van der Waals surface area contributed by atoms with Gasteiger partial charge in [0.15, 0.2) is 0 Å². The Labute approximate surface area is 123 Å². The molecule has 0 N–H and O–H groups in total. The summed E-state index contributed by atoms with van der Waals surface area (Å²) in [4.78, 5) is 1.47. The van der Waals surface area contributed by atoms with Gasteiger partial charge in [-0.25, -0.2) is 8.42 Å². The Bertz CT molecular complexity index is 757. The number of fused-ring (bicyclic) bond motifs is 1. The average molecular weight is 305 g/mol. The number of thiophene rings is 1. The summed E-state index contributed by atoms with van der Waals surface area (Å²) in [6.45, 7) is 6.73. The van der Waals surface area contributed by atoms with Crippen LogP contribution in [0, 0.1) is 6.92 Å². The molecule has 5 heteroatoms. The van der Waals surface area contributed by atoms with Gasteiger partial charge in [-0.3, -0.25) is 0 Å². The summed E-state index contributed by atoms with van der Waals surface area (Å²) >= 11 is 1.62. The number of rotatable bonds is 2. The zero-order valence-electron chi connectivity index (χ0n) is 11.2. The fraction of sp³-hybridized carbons (Fsp3) is 0.200. The van der Waals surface area contributed by atoms with Crippen molar-refractivity contribution in [2.45, 2.75) is 18.4 Å². The van der Waals surface area contributed by atoms with Crippen molar-refractivity contribution >= 4 is 26.9 Å². The number of aryl methyl sites for hydroxylation is 1. The normalized spacial score (nSPS) is 16.1. The molecule has 1 aromatic carbocycles. The van der Waals surface area contributed by atoms with E-state index < -0.39 is 10.0 Å². The van der Waals surface area contributed by atoms with E-state index >= 15 is 0 Å². The molecule has 3 nitrogen and oxygen atoms in total. The van der Waals surface area contributed by atoms with Gasteiger partial charge in [-0.2, -0.15) is 4.31 Å². The van der Waals surface area contributed by atoms with Crippen molar-refractivity contribution in [3.05, 3.63) is 58.3 Å². The Morgan fingerprint density at radius 1 is 1.15 bits per heavy atom. The zero-order chi connectivity index (χ0) is 14.3. The first-order chi connectivity index (χ1) is 9.48. The van der Waals surface area contributed by atoms with E-state index in [4.69, 9.17) is 0 Å². The lowest BCUT2D eigenvalue weighted by Gasteiger charge is -2.27. The molecule has 0 unspecified atom stereocenters. The monoisotopic (exact) mass is 305 g/mol. The summed E-state index contributed by atoms with van der Waals surface area (Å²) in [5, 5.41) is 1.98. The third-order valence-electron chi connectivity index (χ3n) is 3.44. The Balaban J connectivity index is 1.97. The summed E-state index contributed by atoms with van der Waals surface area (Å²) in [7, 11) is -3.46. The number of sulfonamides is 1. The molecule has 104 valence electrons. The van der Waals surface area contributed by atoms with Crippen LogP contribution in [0.3, 0.4) is 0 Å². The molecule has 0 saturated carbocycles. The van der Waals surface area contributed by atoms with Crippen LogP contribution in [0.25, 0.3) is 5.57 Å². The second kappa shape index (κ2) is 4.84. The van der Waals surface area contributed by atoms with Crippen LogP contribution in [0.4, 0.5) is 0 Å². The first-order valence-electron chi connectivity index (χ1n) is 6.30. The van der Waals surface area contributed by atoms with Crippen molar-refractivity contribution in [2.24, 2.45) is 0 Å². The molecule has 20 heavy (non-hydrogen) atoms. The van der Waals surface area contributed by atoms with E-state index in [9.17, 15) is 8.42 Å². The minimum Gasteiger partial charge on any atom is -0.207 e. The van der Waals surface area contributed by atoms with Gasteiger partial charge in [-0.05, 0) is 41.6 Å². The van der Waals surface area contributed by atoms with E-state index in [0.29, 0.717) is 18.0 Å². The standard InChI is InChI=1S/C15H15NO2S2/c1-11-3-5-14(6-4-11)20(17,18)16-9-12(2)15-13(10-16)7-8-19-15/h3-8H,2,9-10H2,1H3. The highest BCUT2D eigenvalue weighted by Crippen LogP contribution is 2.33. The minimum atomic E-state index is -3.46. The second-order valence-corrected chi connectivity index (χ2v) is 7.82. The first kappa shape index (κ1) is 13.5. The Hall–Kier alpha value is -1.43. The average Bonchev–Trinajstić information content (AvgIpc) is 2.88. The van der Waals surface area contributed by atoms with Crippen molar-refractivity contribution in [3.63, 3.8) is 0 Å². The van der Waals surface area contributed by atoms with Gasteiger partial charge in [0.1, 0.15) is 0 Å². The first-order valence-corrected chi connectivity index (χ1v) is 8.62. The smallest absolute Gasteiger partial charge is 0.207 e. The van der Waals surface area contributed by atoms with Crippen LogP contribution in [0.1, 0.15) is 16.0 Å². The molecule has 1 aromatic heterocycles. The molecule has 2 aromatic rings. The van der Waals surface area contributed by atoms with Crippen molar-refractivity contribution in [2.75, 3.05) is 6.54 Å². The van der Waals surface area contributed by atoms with Crippen LogP contribution in [-0.2, 0) is 16.6 Å². The van der Waals surface area contributed by atoms with Crippen LogP contribution in [0.5, 0.6) is 0 Å². The molecule has 0 aliphatic carbocycles. The molecular formula is C15H15NO2S2. The number of hydrogen-bond donors (Lipinski definition) is 0. The molecule has 0 spiro atoms. The molecule has 0 atom stereocenters. The van der Waals surface area contributed by atoms with Gasteiger partial charge in [0, 0.05) is 18.0 Å². The Kier molecular flexibility index (Phi) is 3.28. The highest BCUT2D eigenvalue weighted by molar-refractivity contribution is 7.89. The van der Waals surface area contributed by atoms with Gasteiger partial charge in [0.25, 0.3) is 0 Å². The van der Waals surface area contributed by atoms with Crippen LogP contribution >= 0.6 is 11.3 Å². The lowest BCUT2D eigenvalue weighted by molar-refractivity contribution is 0.435. The molecule has 1 aliphatic heterocycles. The molecule has 3 rings (SSSR count). The number of hydrogen-bond acceptors (Lipinski definition) is 3. The van der Waals surface area contributed by atoms with E-state index in [1.807, 2.05) is 30.5 Å². The fourth-order valence-corrected chi connectivity index (χ4v) is 4.63. The van der Waals surface area contributed by atoms with Gasteiger partial charge in [-0.1, -0.05) is 24.3 Å². The predicted octanol–water partition coefficient (Wildman–Crippen LogP) is 3.27. The van der Waals surface area contributed by atoms with E-state index in [-0.39, 0.29) is 0 Å². The van der Waals surface area contributed by atoms with Crippen LogP contribution in [0.15, 0.2) is 47.2 Å². The van der Waals surface area contributed by atoms with Crippen LogP contribution in [0.2, 0.25) is 0 Å². The summed E-state index contributed by atoms with van der Waals surface area (Å²) in [6.07, 6.45) is 0. The number of nitrogens with zero attached hydrogens (tertiary/aromatic N) is 1.